The van der Waals surface area contributed by atoms with E-state index in [1.807, 2.05) is 0 Å². The standard InChI is InChI=1S/C18H14F3N3O5/c1-22(9-11-2-4-12(5-3-11)18(19,20)21)16(25)10-23-14-7-6-13(24(27)28)8-15(14)29-17(23)26/h2-8H,9-10H2,1H3. The molecule has 0 aliphatic heterocycles. The molecule has 1 heterocycles. The summed E-state index contributed by atoms with van der Waals surface area (Å²) in [6, 6.07) is 7.97. The predicted octanol–water partition coefficient (Wildman–Crippen LogP) is 3.18. The Hall–Kier alpha value is -3.63. The SMILES string of the molecule is CN(Cc1ccc(C(F)(F)F)cc1)C(=O)Cn1c(=O)oc2cc([N+](=O)[O-])ccc21. The highest BCUT2D eigenvalue weighted by molar-refractivity contribution is 5.80. The van der Waals surface area contributed by atoms with Gasteiger partial charge in [-0.2, -0.15) is 13.2 Å². The number of carbonyl (C=O) groups is 1. The van der Waals surface area contributed by atoms with Crippen LogP contribution >= 0.6 is 0 Å². The number of halogens is 3. The van der Waals surface area contributed by atoms with Gasteiger partial charge in [0.15, 0.2) is 5.58 Å². The maximum Gasteiger partial charge on any atom is 0.420 e. The van der Waals surface area contributed by atoms with Gasteiger partial charge >= 0.3 is 11.9 Å². The fourth-order valence-corrected chi connectivity index (χ4v) is 2.74. The van der Waals surface area contributed by atoms with Crippen molar-refractivity contribution < 1.29 is 27.3 Å². The van der Waals surface area contributed by atoms with Gasteiger partial charge in [0.05, 0.1) is 22.1 Å². The van der Waals surface area contributed by atoms with Crippen molar-refractivity contribution in [2.45, 2.75) is 19.3 Å². The van der Waals surface area contributed by atoms with Crippen LogP contribution < -0.4 is 5.76 Å². The van der Waals surface area contributed by atoms with Crippen molar-refractivity contribution in [1.82, 2.24) is 9.47 Å². The molecule has 0 spiro atoms. The van der Waals surface area contributed by atoms with E-state index in [1.54, 1.807) is 0 Å². The van der Waals surface area contributed by atoms with Crippen LogP contribution in [0.3, 0.4) is 0 Å². The van der Waals surface area contributed by atoms with Gasteiger partial charge in [-0.15, -0.1) is 0 Å². The van der Waals surface area contributed by atoms with E-state index in [-0.39, 0.29) is 29.9 Å². The summed E-state index contributed by atoms with van der Waals surface area (Å²) < 4.78 is 43.8. The molecule has 0 saturated heterocycles. The normalized spacial score (nSPS) is 11.6. The van der Waals surface area contributed by atoms with Crippen molar-refractivity contribution in [3.05, 3.63) is 74.3 Å². The second kappa shape index (κ2) is 7.41. The molecular weight excluding hydrogens is 395 g/mol. The molecule has 0 bridgehead atoms. The minimum atomic E-state index is -4.45. The molecule has 0 saturated carbocycles. The Morgan fingerprint density at radius 3 is 2.45 bits per heavy atom. The van der Waals surface area contributed by atoms with Gasteiger partial charge in [-0.05, 0) is 23.8 Å². The molecule has 152 valence electrons. The first-order valence-electron chi connectivity index (χ1n) is 8.24. The molecule has 3 rings (SSSR count). The lowest BCUT2D eigenvalue weighted by Crippen LogP contribution is -2.32. The quantitative estimate of drug-likeness (QED) is 0.476. The van der Waals surface area contributed by atoms with Gasteiger partial charge in [0.25, 0.3) is 5.69 Å². The fourth-order valence-electron chi connectivity index (χ4n) is 2.74. The Morgan fingerprint density at radius 1 is 1.21 bits per heavy atom. The molecule has 11 heteroatoms. The summed E-state index contributed by atoms with van der Waals surface area (Å²) in [5.41, 5.74) is -0.377. The fraction of sp³-hybridized carbons (Fsp3) is 0.222. The van der Waals surface area contributed by atoms with Crippen LogP contribution in [0.4, 0.5) is 18.9 Å². The number of benzene rings is 2. The van der Waals surface area contributed by atoms with E-state index in [4.69, 9.17) is 4.42 Å². The number of nitrogens with zero attached hydrogens (tertiary/aromatic N) is 3. The third-order valence-corrected chi connectivity index (χ3v) is 4.28. The lowest BCUT2D eigenvalue weighted by molar-refractivity contribution is -0.384. The van der Waals surface area contributed by atoms with Crippen molar-refractivity contribution in [2.75, 3.05) is 7.05 Å². The molecule has 0 radical (unpaired) electrons. The van der Waals surface area contributed by atoms with Gasteiger partial charge in [0.1, 0.15) is 6.54 Å². The number of nitro groups is 1. The zero-order valence-corrected chi connectivity index (χ0v) is 15.0. The van der Waals surface area contributed by atoms with E-state index in [0.29, 0.717) is 5.56 Å². The number of carbonyl (C=O) groups excluding carboxylic acids is 1. The van der Waals surface area contributed by atoms with Crippen molar-refractivity contribution in [1.29, 1.82) is 0 Å². The van der Waals surface area contributed by atoms with Crippen molar-refractivity contribution in [3.63, 3.8) is 0 Å². The van der Waals surface area contributed by atoms with Crippen LogP contribution in [0.2, 0.25) is 0 Å². The van der Waals surface area contributed by atoms with E-state index in [0.717, 1.165) is 22.8 Å². The molecule has 0 atom stereocenters. The molecule has 29 heavy (non-hydrogen) atoms. The monoisotopic (exact) mass is 409 g/mol. The zero-order chi connectivity index (χ0) is 21.3. The van der Waals surface area contributed by atoms with Crippen LogP contribution in [-0.4, -0.2) is 27.3 Å². The summed E-state index contributed by atoms with van der Waals surface area (Å²) in [7, 11) is 1.44. The van der Waals surface area contributed by atoms with Crippen LogP contribution in [0, 0.1) is 10.1 Å². The minimum absolute atomic E-state index is 0.0256. The number of amides is 1. The number of likely N-dealkylation sites (N-methyl/N-ethyl adjacent to an activating group) is 1. The van der Waals surface area contributed by atoms with E-state index in [9.17, 15) is 32.9 Å². The number of hydrogen-bond donors (Lipinski definition) is 0. The minimum Gasteiger partial charge on any atom is -0.407 e. The number of hydrogen-bond acceptors (Lipinski definition) is 5. The van der Waals surface area contributed by atoms with Gasteiger partial charge in [0, 0.05) is 19.7 Å². The van der Waals surface area contributed by atoms with Gasteiger partial charge in [-0.25, -0.2) is 4.79 Å². The number of fused-ring (bicyclic) bond motifs is 1. The molecule has 0 fully saturated rings. The second-order valence-corrected chi connectivity index (χ2v) is 6.31. The van der Waals surface area contributed by atoms with E-state index in [2.05, 4.69) is 0 Å². The Bertz CT molecular complexity index is 1130. The lowest BCUT2D eigenvalue weighted by Gasteiger charge is -2.18. The van der Waals surface area contributed by atoms with Crippen molar-refractivity contribution >= 4 is 22.7 Å². The number of oxazole rings is 1. The summed E-state index contributed by atoms with van der Waals surface area (Å²) in [5.74, 6) is -1.34. The van der Waals surface area contributed by atoms with Crippen LogP contribution in [0.1, 0.15) is 11.1 Å². The Kier molecular flexibility index (Phi) is 5.14. The number of aromatic nitrogens is 1. The molecule has 1 amide bonds. The maximum absolute atomic E-state index is 12.6. The van der Waals surface area contributed by atoms with Gasteiger partial charge in [-0.1, -0.05) is 12.1 Å². The molecule has 0 unspecified atom stereocenters. The van der Waals surface area contributed by atoms with E-state index in [1.165, 1.54) is 36.2 Å². The second-order valence-electron chi connectivity index (χ2n) is 6.31. The molecule has 0 aliphatic carbocycles. The Labute approximate surface area is 160 Å². The van der Waals surface area contributed by atoms with Gasteiger partial charge in [0.2, 0.25) is 5.91 Å². The average Bonchev–Trinajstić information content (AvgIpc) is 2.95. The Morgan fingerprint density at radius 2 is 1.86 bits per heavy atom. The summed E-state index contributed by atoms with van der Waals surface area (Å²) in [5, 5.41) is 10.8. The zero-order valence-electron chi connectivity index (χ0n) is 15.0. The maximum atomic E-state index is 12.6. The predicted molar refractivity (Wildman–Crippen MR) is 95.0 cm³/mol. The van der Waals surface area contributed by atoms with Gasteiger partial charge < -0.3 is 9.32 Å². The Balaban J connectivity index is 1.75. The van der Waals surface area contributed by atoms with Crippen molar-refractivity contribution in [2.24, 2.45) is 0 Å². The molecular formula is C18H14F3N3O5. The van der Waals surface area contributed by atoms with Crippen LogP contribution in [-0.2, 0) is 24.1 Å². The molecule has 0 N–H and O–H groups in total. The number of alkyl halides is 3. The summed E-state index contributed by atoms with van der Waals surface area (Å²) >= 11 is 0. The highest BCUT2D eigenvalue weighted by Gasteiger charge is 2.30. The molecule has 3 aromatic rings. The summed E-state index contributed by atoms with van der Waals surface area (Å²) in [4.78, 5) is 35.9. The first-order chi connectivity index (χ1) is 13.6. The highest BCUT2D eigenvalue weighted by atomic mass is 19.4. The summed E-state index contributed by atoms with van der Waals surface area (Å²) in [6.07, 6.45) is -4.45. The summed E-state index contributed by atoms with van der Waals surface area (Å²) in [6.45, 7) is -0.353. The van der Waals surface area contributed by atoms with E-state index >= 15 is 0 Å². The number of non-ortho nitro benzene ring substituents is 1. The van der Waals surface area contributed by atoms with Gasteiger partial charge in [-0.3, -0.25) is 19.5 Å². The molecule has 1 aromatic heterocycles. The third kappa shape index (κ3) is 4.28. The third-order valence-electron chi connectivity index (χ3n) is 4.28. The van der Waals surface area contributed by atoms with Crippen LogP contribution in [0.25, 0.3) is 11.1 Å². The highest BCUT2D eigenvalue weighted by Crippen LogP contribution is 2.29. The molecule has 2 aromatic carbocycles. The number of nitro benzene ring substituents is 1. The largest absolute Gasteiger partial charge is 0.420 e. The first-order valence-corrected chi connectivity index (χ1v) is 8.24. The number of rotatable bonds is 5. The smallest absolute Gasteiger partial charge is 0.407 e. The van der Waals surface area contributed by atoms with E-state index < -0.39 is 28.3 Å². The van der Waals surface area contributed by atoms with Crippen LogP contribution in [0.5, 0.6) is 0 Å². The van der Waals surface area contributed by atoms with Crippen molar-refractivity contribution in [3.8, 4) is 0 Å². The molecule has 0 aliphatic rings. The van der Waals surface area contributed by atoms with Crippen LogP contribution in [0.15, 0.2) is 51.7 Å². The first kappa shape index (κ1) is 20.1. The average molecular weight is 409 g/mol. The molecule has 8 nitrogen and oxygen atoms in total. The topological polar surface area (TPSA) is 98.6 Å². The lowest BCUT2D eigenvalue weighted by atomic mass is 10.1.